The summed E-state index contributed by atoms with van der Waals surface area (Å²) in [6.07, 6.45) is 0. The third-order valence-electron chi connectivity index (χ3n) is 3.41. The Morgan fingerprint density at radius 3 is 2.36 bits per heavy atom. The zero-order valence-corrected chi connectivity index (χ0v) is 12.6. The minimum Gasteiger partial charge on any atom is -0.454 e. The smallest absolute Gasteiger partial charge is 0.231 e. The minimum atomic E-state index is -0.0316. The molecule has 4 nitrogen and oxygen atoms in total. The quantitative estimate of drug-likeness (QED) is 0.739. The molecular weight excluding hydrogens is 278 g/mol. The van der Waals surface area contributed by atoms with E-state index in [1.165, 1.54) is 0 Å². The molecule has 0 radical (unpaired) electrons. The van der Waals surface area contributed by atoms with E-state index < -0.39 is 0 Å². The minimum absolute atomic E-state index is 0.0316. The highest BCUT2D eigenvalue weighted by atomic mass is 16.7. The average molecular weight is 295 g/mol. The van der Waals surface area contributed by atoms with E-state index >= 15 is 0 Å². The van der Waals surface area contributed by atoms with Crippen molar-refractivity contribution in [1.82, 2.24) is 4.98 Å². The predicted molar refractivity (Wildman–Crippen MR) is 87.5 cm³/mol. The van der Waals surface area contributed by atoms with Gasteiger partial charge >= 0.3 is 0 Å². The standard InChI is InChI=1S/C16H11NO3.C2H6/c18-14-7-12(10-4-2-1-3-5-10)17-13-8-16-15(6-11(13)14)19-9-20-16;1-2/h1-8H,9H2,(H,17,18);1-2H3. The molecule has 0 atom stereocenters. The second-order valence-corrected chi connectivity index (χ2v) is 4.66. The molecular formula is C18H17NO3. The molecule has 4 heteroatoms. The second kappa shape index (κ2) is 5.93. The molecule has 0 saturated carbocycles. The fourth-order valence-corrected chi connectivity index (χ4v) is 2.41. The van der Waals surface area contributed by atoms with E-state index in [1.54, 1.807) is 12.1 Å². The van der Waals surface area contributed by atoms with Gasteiger partial charge in [0.2, 0.25) is 6.79 Å². The number of hydrogen-bond acceptors (Lipinski definition) is 3. The summed E-state index contributed by atoms with van der Waals surface area (Å²) in [6.45, 7) is 4.20. The first-order chi connectivity index (χ1) is 10.8. The lowest BCUT2D eigenvalue weighted by Crippen LogP contribution is -2.02. The van der Waals surface area contributed by atoms with Gasteiger partial charge in [-0.1, -0.05) is 44.2 Å². The summed E-state index contributed by atoms with van der Waals surface area (Å²) in [5.41, 5.74) is 2.49. The van der Waals surface area contributed by atoms with Crippen molar-refractivity contribution in [1.29, 1.82) is 0 Å². The van der Waals surface area contributed by atoms with E-state index in [-0.39, 0.29) is 12.2 Å². The number of hydrogen-bond donors (Lipinski definition) is 1. The summed E-state index contributed by atoms with van der Waals surface area (Å²) >= 11 is 0. The SMILES string of the molecule is CC.O=c1cc(-c2ccccc2)[nH]c2cc3c(cc12)OCO3. The van der Waals surface area contributed by atoms with Gasteiger partial charge in [-0.3, -0.25) is 4.79 Å². The average Bonchev–Trinajstić information content (AvgIpc) is 3.03. The van der Waals surface area contributed by atoms with Crippen LogP contribution in [0.3, 0.4) is 0 Å². The van der Waals surface area contributed by atoms with Crippen LogP contribution in [0.15, 0.2) is 53.3 Å². The van der Waals surface area contributed by atoms with E-state index in [1.807, 2.05) is 50.2 Å². The lowest BCUT2D eigenvalue weighted by molar-refractivity contribution is 0.174. The van der Waals surface area contributed by atoms with E-state index in [2.05, 4.69) is 4.98 Å². The third kappa shape index (κ3) is 2.44. The van der Waals surface area contributed by atoms with Crippen molar-refractivity contribution in [2.45, 2.75) is 13.8 Å². The molecule has 0 aliphatic carbocycles. The number of benzene rings is 2. The molecule has 0 amide bonds. The van der Waals surface area contributed by atoms with Gasteiger partial charge in [-0.2, -0.15) is 0 Å². The van der Waals surface area contributed by atoms with Crippen LogP contribution >= 0.6 is 0 Å². The van der Waals surface area contributed by atoms with Gasteiger partial charge in [0.05, 0.1) is 5.52 Å². The van der Waals surface area contributed by atoms with E-state index in [4.69, 9.17) is 9.47 Å². The van der Waals surface area contributed by atoms with Crippen molar-refractivity contribution in [3.05, 3.63) is 58.8 Å². The molecule has 0 spiro atoms. The van der Waals surface area contributed by atoms with Gasteiger partial charge in [0.1, 0.15) is 0 Å². The van der Waals surface area contributed by atoms with Gasteiger partial charge in [-0.05, 0) is 11.6 Å². The number of aromatic nitrogens is 1. The first-order valence-electron chi connectivity index (χ1n) is 7.33. The summed E-state index contributed by atoms with van der Waals surface area (Å²) in [4.78, 5) is 15.5. The maximum absolute atomic E-state index is 12.3. The maximum atomic E-state index is 12.3. The van der Waals surface area contributed by atoms with Crippen molar-refractivity contribution in [3.8, 4) is 22.8 Å². The Morgan fingerprint density at radius 1 is 0.955 bits per heavy atom. The van der Waals surface area contributed by atoms with Crippen LogP contribution in [0.1, 0.15) is 13.8 Å². The van der Waals surface area contributed by atoms with Gasteiger partial charge in [-0.25, -0.2) is 0 Å². The first kappa shape index (κ1) is 14.2. The first-order valence-corrected chi connectivity index (χ1v) is 7.33. The van der Waals surface area contributed by atoms with E-state index in [9.17, 15) is 4.79 Å². The van der Waals surface area contributed by atoms with Crippen LogP contribution in [0.25, 0.3) is 22.2 Å². The number of ether oxygens (including phenoxy) is 2. The van der Waals surface area contributed by atoms with Crippen molar-refractivity contribution >= 4 is 10.9 Å². The van der Waals surface area contributed by atoms with Crippen LogP contribution in [0.4, 0.5) is 0 Å². The highest BCUT2D eigenvalue weighted by molar-refractivity contribution is 5.85. The van der Waals surface area contributed by atoms with Gasteiger partial charge < -0.3 is 14.5 Å². The Bertz CT molecular complexity index is 853. The van der Waals surface area contributed by atoms with Crippen molar-refractivity contribution < 1.29 is 9.47 Å². The number of nitrogens with one attached hydrogen (secondary N) is 1. The lowest BCUT2D eigenvalue weighted by atomic mass is 10.1. The molecule has 2 heterocycles. The van der Waals surface area contributed by atoms with Gasteiger partial charge in [0.15, 0.2) is 16.9 Å². The van der Waals surface area contributed by atoms with Crippen molar-refractivity contribution in [2.24, 2.45) is 0 Å². The number of aromatic amines is 1. The number of pyridine rings is 1. The Labute approximate surface area is 128 Å². The summed E-state index contributed by atoms with van der Waals surface area (Å²) in [5.74, 6) is 1.29. The molecule has 1 N–H and O–H groups in total. The Hall–Kier alpha value is -2.75. The number of H-pyrrole nitrogens is 1. The van der Waals surface area contributed by atoms with Crippen molar-refractivity contribution in [2.75, 3.05) is 6.79 Å². The van der Waals surface area contributed by atoms with Gasteiger partial charge in [0, 0.05) is 23.2 Å². The molecule has 1 aliphatic heterocycles. The predicted octanol–water partition coefficient (Wildman–Crippen LogP) is 3.95. The Kier molecular flexibility index (Phi) is 3.83. The highest BCUT2D eigenvalue weighted by Gasteiger charge is 2.16. The zero-order chi connectivity index (χ0) is 15.5. The molecule has 2 aromatic carbocycles. The molecule has 0 bridgehead atoms. The molecule has 0 saturated heterocycles. The molecule has 1 aliphatic rings. The van der Waals surface area contributed by atoms with Crippen LogP contribution in [0, 0.1) is 0 Å². The van der Waals surface area contributed by atoms with Crippen molar-refractivity contribution in [3.63, 3.8) is 0 Å². The lowest BCUT2D eigenvalue weighted by Gasteiger charge is -2.05. The van der Waals surface area contributed by atoms with Crippen LogP contribution in [0.2, 0.25) is 0 Å². The Balaban J connectivity index is 0.000000693. The molecule has 0 fully saturated rings. The monoisotopic (exact) mass is 295 g/mol. The van der Waals surface area contributed by atoms with Crippen LogP contribution in [-0.2, 0) is 0 Å². The number of rotatable bonds is 1. The second-order valence-electron chi connectivity index (χ2n) is 4.66. The molecule has 0 unspecified atom stereocenters. The van der Waals surface area contributed by atoms with Crippen LogP contribution < -0.4 is 14.9 Å². The molecule has 112 valence electrons. The fraction of sp³-hybridized carbons (Fsp3) is 0.167. The molecule has 22 heavy (non-hydrogen) atoms. The highest BCUT2D eigenvalue weighted by Crippen LogP contribution is 2.35. The normalized spacial score (nSPS) is 11.9. The molecule has 1 aromatic heterocycles. The zero-order valence-electron chi connectivity index (χ0n) is 12.6. The third-order valence-corrected chi connectivity index (χ3v) is 3.41. The summed E-state index contributed by atoms with van der Waals surface area (Å²) < 4.78 is 10.6. The van der Waals surface area contributed by atoms with Gasteiger partial charge in [0.25, 0.3) is 0 Å². The summed E-state index contributed by atoms with van der Waals surface area (Å²) in [5, 5.41) is 0.605. The largest absolute Gasteiger partial charge is 0.454 e. The molecule has 3 aromatic rings. The fourth-order valence-electron chi connectivity index (χ4n) is 2.41. The summed E-state index contributed by atoms with van der Waals surface area (Å²) in [7, 11) is 0. The van der Waals surface area contributed by atoms with Gasteiger partial charge in [-0.15, -0.1) is 0 Å². The molecule has 4 rings (SSSR count). The van der Waals surface area contributed by atoms with Crippen LogP contribution in [0.5, 0.6) is 11.5 Å². The Morgan fingerprint density at radius 2 is 1.64 bits per heavy atom. The number of fused-ring (bicyclic) bond motifs is 2. The van der Waals surface area contributed by atoms with E-state index in [0.29, 0.717) is 16.9 Å². The maximum Gasteiger partial charge on any atom is 0.231 e. The van der Waals surface area contributed by atoms with Crippen LogP contribution in [-0.4, -0.2) is 11.8 Å². The summed E-state index contributed by atoms with van der Waals surface area (Å²) in [6, 6.07) is 14.9. The topological polar surface area (TPSA) is 51.3 Å². The van der Waals surface area contributed by atoms with E-state index in [0.717, 1.165) is 16.8 Å².